The van der Waals surface area contributed by atoms with Gasteiger partial charge in [-0.15, -0.1) is 0 Å². The fourth-order valence-electron chi connectivity index (χ4n) is 2.68. The van der Waals surface area contributed by atoms with E-state index in [1.165, 1.54) is 6.42 Å². The highest BCUT2D eigenvalue weighted by Crippen LogP contribution is 2.27. The van der Waals surface area contributed by atoms with E-state index in [0.717, 1.165) is 25.7 Å². The van der Waals surface area contributed by atoms with Crippen LogP contribution in [0.1, 0.15) is 51.4 Å². The molecule has 0 bridgehead atoms. The van der Waals surface area contributed by atoms with Gasteiger partial charge in [-0.1, -0.05) is 32.1 Å². The predicted molar refractivity (Wildman–Crippen MR) is 80.4 cm³/mol. The summed E-state index contributed by atoms with van der Waals surface area (Å²) in [6.07, 6.45) is 6.80. The monoisotopic (exact) mass is 305 g/mol. The molecule has 1 rings (SSSR count). The van der Waals surface area contributed by atoms with E-state index in [0.29, 0.717) is 25.9 Å². The molecule has 0 aromatic carbocycles. The average Bonchev–Trinajstić information content (AvgIpc) is 2.32. The van der Waals surface area contributed by atoms with Crippen molar-refractivity contribution in [2.24, 2.45) is 5.73 Å². The Hall–Kier alpha value is -0.660. The summed E-state index contributed by atoms with van der Waals surface area (Å²) in [5, 5.41) is 7.82. The van der Waals surface area contributed by atoms with Gasteiger partial charge >= 0.3 is 0 Å². The summed E-state index contributed by atoms with van der Waals surface area (Å²) in [7, 11) is -1.89. The lowest BCUT2D eigenvalue weighted by molar-refractivity contribution is 0.199. The zero-order valence-corrected chi connectivity index (χ0v) is 13.1. The van der Waals surface area contributed by atoms with Crippen LogP contribution in [-0.2, 0) is 14.8 Å². The molecule has 0 radical (unpaired) electrons. The molecule has 0 unspecified atom stereocenters. The van der Waals surface area contributed by atoms with Gasteiger partial charge in [-0.05, 0) is 19.3 Å². The van der Waals surface area contributed by atoms with Gasteiger partial charge < -0.3 is 10.5 Å². The first-order valence-corrected chi connectivity index (χ1v) is 8.92. The molecule has 0 spiro atoms. The standard InChI is InChI=1S/C13H27N3O3S/c1-19-10-7-11-20(17,18)16-13(12(14)15)8-5-3-2-4-6-9-13/h16H,2-11H2,1H3,(H3,14,15). The number of amidine groups is 1. The molecule has 0 amide bonds. The molecule has 0 aromatic rings. The Morgan fingerprint density at radius 2 is 1.80 bits per heavy atom. The van der Waals surface area contributed by atoms with Crippen LogP contribution in [-0.4, -0.2) is 39.3 Å². The number of nitrogens with one attached hydrogen (secondary N) is 2. The van der Waals surface area contributed by atoms with Crippen molar-refractivity contribution in [3.05, 3.63) is 0 Å². The van der Waals surface area contributed by atoms with Crippen molar-refractivity contribution in [1.82, 2.24) is 4.72 Å². The van der Waals surface area contributed by atoms with E-state index in [1.807, 2.05) is 0 Å². The van der Waals surface area contributed by atoms with Gasteiger partial charge in [0.05, 0.1) is 11.3 Å². The molecule has 1 saturated carbocycles. The van der Waals surface area contributed by atoms with Crippen molar-refractivity contribution in [2.45, 2.75) is 56.9 Å². The zero-order chi connectivity index (χ0) is 15.1. The van der Waals surface area contributed by atoms with E-state index < -0.39 is 15.6 Å². The quantitative estimate of drug-likeness (QED) is 0.375. The van der Waals surface area contributed by atoms with E-state index in [-0.39, 0.29) is 11.6 Å². The summed E-state index contributed by atoms with van der Waals surface area (Å²) in [6.45, 7) is 0.411. The van der Waals surface area contributed by atoms with Crippen LogP contribution in [0.25, 0.3) is 0 Å². The van der Waals surface area contributed by atoms with Gasteiger partial charge in [0.2, 0.25) is 10.0 Å². The van der Waals surface area contributed by atoms with Crippen molar-refractivity contribution in [2.75, 3.05) is 19.5 Å². The van der Waals surface area contributed by atoms with Crippen molar-refractivity contribution < 1.29 is 13.2 Å². The molecular weight excluding hydrogens is 278 g/mol. The number of ether oxygens (including phenoxy) is 1. The van der Waals surface area contributed by atoms with Crippen molar-refractivity contribution >= 4 is 15.9 Å². The molecule has 20 heavy (non-hydrogen) atoms. The lowest BCUT2D eigenvalue weighted by atomic mass is 9.84. The van der Waals surface area contributed by atoms with Crippen molar-refractivity contribution in [3.8, 4) is 0 Å². The van der Waals surface area contributed by atoms with Crippen LogP contribution in [0, 0.1) is 5.41 Å². The number of sulfonamides is 1. The maximum atomic E-state index is 12.2. The van der Waals surface area contributed by atoms with E-state index in [2.05, 4.69) is 4.72 Å². The Balaban J connectivity index is 2.76. The van der Waals surface area contributed by atoms with Gasteiger partial charge in [-0.3, -0.25) is 5.41 Å². The lowest BCUT2D eigenvalue weighted by Crippen LogP contribution is -2.57. The van der Waals surface area contributed by atoms with E-state index in [1.54, 1.807) is 7.11 Å². The van der Waals surface area contributed by atoms with Crippen molar-refractivity contribution in [3.63, 3.8) is 0 Å². The van der Waals surface area contributed by atoms with Gasteiger partial charge in [0, 0.05) is 13.7 Å². The summed E-state index contributed by atoms with van der Waals surface area (Å²) in [6, 6.07) is 0. The van der Waals surface area contributed by atoms with Gasteiger partial charge in [-0.25, -0.2) is 13.1 Å². The zero-order valence-electron chi connectivity index (χ0n) is 12.3. The molecule has 1 aliphatic carbocycles. The largest absolute Gasteiger partial charge is 0.386 e. The van der Waals surface area contributed by atoms with Gasteiger partial charge in [0.1, 0.15) is 5.84 Å². The van der Waals surface area contributed by atoms with E-state index >= 15 is 0 Å². The molecule has 4 N–H and O–H groups in total. The molecule has 6 nitrogen and oxygen atoms in total. The van der Waals surface area contributed by atoms with E-state index in [4.69, 9.17) is 15.9 Å². The first-order valence-electron chi connectivity index (χ1n) is 7.27. The fraction of sp³-hybridized carbons (Fsp3) is 0.923. The maximum Gasteiger partial charge on any atom is 0.212 e. The summed E-state index contributed by atoms with van der Waals surface area (Å²) in [5.41, 5.74) is 4.83. The molecule has 1 aliphatic rings. The molecule has 0 saturated heterocycles. The van der Waals surface area contributed by atoms with Crippen molar-refractivity contribution in [1.29, 1.82) is 5.41 Å². The Labute approximate surface area is 122 Å². The number of hydrogen-bond acceptors (Lipinski definition) is 4. The summed E-state index contributed by atoms with van der Waals surface area (Å²) >= 11 is 0. The highest BCUT2D eigenvalue weighted by Gasteiger charge is 2.37. The molecular formula is C13H27N3O3S. The van der Waals surface area contributed by atoms with Crippen LogP contribution < -0.4 is 10.5 Å². The molecule has 0 aromatic heterocycles. The first kappa shape index (κ1) is 17.4. The third-order valence-electron chi connectivity index (χ3n) is 3.84. The smallest absolute Gasteiger partial charge is 0.212 e. The highest BCUT2D eigenvalue weighted by atomic mass is 32.2. The molecule has 0 atom stereocenters. The second-order valence-corrected chi connectivity index (χ2v) is 7.37. The van der Waals surface area contributed by atoms with Gasteiger partial charge in [0.25, 0.3) is 0 Å². The summed E-state index contributed by atoms with van der Waals surface area (Å²) in [5.74, 6) is -0.0507. The Morgan fingerprint density at radius 1 is 1.25 bits per heavy atom. The molecule has 7 heteroatoms. The summed E-state index contributed by atoms with van der Waals surface area (Å²) in [4.78, 5) is 0. The summed E-state index contributed by atoms with van der Waals surface area (Å²) < 4.78 is 31.9. The number of nitrogens with two attached hydrogens (primary N) is 1. The molecule has 0 aliphatic heterocycles. The minimum atomic E-state index is -3.44. The van der Waals surface area contributed by atoms with Crippen LogP contribution in [0.4, 0.5) is 0 Å². The minimum absolute atomic E-state index is 0.00979. The third kappa shape index (κ3) is 5.38. The van der Waals surface area contributed by atoms with Crippen LogP contribution in [0.5, 0.6) is 0 Å². The van der Waals surface area contributed by atoms with Crippen LogP contribution in [0.3, 0.4) is 0 Å². The van der Waals surface area contributed by atoms with Gasteiger partial charge in [0.15, 0.2) is 0 Å². The van der Waals surface area contributed by atoms with Gasteiger partial charge in [-0.2, -0.15) is 0 Å². The Bertz CT molecular complexity index is 401. The first-order chi connectivity index (χ1) is 9.42. The Morgan fingerprint density at radius 3 is 2.30 bits per heavy atom. The second kappa shape index (κ2) is 7.95. The fourth-order valence-corrected chi connectivity index (χ4v) is 4.19. The molecule has 1 fully saturated rings. The number of hydrogen-bond donors (Lipinski definition) is 3. The average molecular weight is 305 g/mol. The van der Waals surface area contributed by atoms with Crippen LogP contribution >= 0.6 is 0 Å². The predicted octanol–water partition coefficient (Wildman–Crippen LogP) is 1.36. The van der Waals surface area contributed by atoms with Crippen LogP contribution in [0.2, 0.25) is 0 Å². The molecule has 0 heterocycles. The SMILES string of the molecule is COCCCS(=O)(=O)NC1(C(=N)N)CCCCCCC1. The highest BCUT2D eigenvalue weighted by molar-refractivity contribution is 7.89. The maximum absolute atomic E-state index is 12.2. The topological polar surface area (TPSA) is 105 Å². The molecule has 118 valence electrons. The van der Waals surface area contributed by atoms with Crippen LogP contribution in [0.15, 0.2) is 0 Å². The number of methoxy groups -OCH3 is 1. The second-order valence-electron chi connectivity index (χ2n) is 5.53. The Kier molecular flexibility index (Phi) is 6.91. The lowest BCUT2D eigenvalue weighted by Gasteiger charge is -2.35. The number of rotatable bonds is 7. The third-order valence-corrected chi connectivity index (χ3v) is 5.36. The normalized spacial score (nSPS) is 20.1. The minimum Gasteiger partial charge on any atom is -0.386 e. The van der Waals surface area contributed by atoms with E-state index in [9.17, 15) is 8.42 Å².